The first-order valence-corrected chi connectivity index (χ1v) is 7.58. The second kappa shape index (κ2) is 5.70. The van der Waals surface area contributed by atoms with Crippen molar-refractivity contribution in [2.24, 2.45) is 5.92 Å². The van der Waals surface area contributed by atoms with Gasteiger partial charge in [-0.2, -0.15) is 0 Å². The maximum Gasteiger partial charge on any atom is 0.127 e. The Morgan fingerprint density at radius 3 is 2.90 bits per heavy atom. The van der Waals surface area contributed by atoms with Gasteiger partial charge >= 0.3 is 0 Å². The summed E-state index contributed by atoms with van der Waals surface area (Å²) in [5.74, 6) is 1.63. The minimum atomic E-state index is 0.341. The molecule has 0 aliphatic heterocycles. The number of hydrogen-bond acceptors (Lipinski definition) is 3. The Hall–Kier alpha value is -1.77. The van der Waals surface area contributed by atoms with Gasteiger partial charge in [-0.1, -0.05) is 13.3 Å². The average Bonchev–Trinajstić information content (AvgIpc) is 2.51. The van der Waals surface area contributed by atoms with Crippen LogP contribution in [0.1, 0.15) is 39.0 Å². The number of benzene rings is 1. The highest BCUT2D eigenvalue weighted by Gasteiger charge is 2.25. The minimum absolute atomic E-state index is 0.341. The van der Waals surface area contributed by atoms with Crippen LogP contribution in [0.2, 0.25) is 0 Å². The summed E-state index contributed by atoms with van der Waals surface area (Å²) in [6, 6.07) is 5.91. The zero-order valence-electron chi connectivity index (χ0n) is 12.0. The van der Waals surface area contributed by atoms with Gasteiger partial charge in [-0.25, -0.2) is 0 Å². The van der Waals surface area contributed by atoms with E-state index in [1.165, 1.54) is 25.7 Å². The maximum atomic E-state index is 6.34. The molecule has 20 heavy (non-hydrogen) atoms. The number of rotatable bonds is 3. The van der Waals surface area contributed by atoms with E-state index in [0.717, 1.165) is 28.6 Å². The van der Waals surface area contributed by atoms with Crippen LogP contribution in [0, 0.1) is 5.92 Å². The van der Waals surface area contributed by atoms with E-state index < -0.39 is 0 Å². The van der Waals surface area contributed by atoms with Gasteiger partial charge in [0.15, 0.2) is 0 Å². The van der Waals surface area contributed by atoms with Crippen LogP contribution in [0.15, 0.2) is 30.6 Å². The summed E-state index contributed by atoms with van der Waals surface area (Å²) in [7, 11) is 0. The van der Waals surface area contributed by atoms with Gasteiger partial charge < -0.3 is 10.5 Å². The fraction of sp³-hybridized carbons (Fsp3) is 0.471. The highest BCUT2D eigenvalue weighted by molar-refractivity contribution is 5.96. The lowest BCUT2D eigenvalue weighted by atomic mass is 9.84. The van der Waals surface area contributed by atoms with Crippen LogP contribution in [-0.2, 0) is 0 Å². The number of nitrogen functional groups attached to an aromatic ring is 1. The van der Waals surface area contributed by atoms with E-state index in [2.05, 4.69) is 11.9 Å². The number of fused-ring (bicyclic) bond motifs is 1. The molecule has 1 aromatic heterocycles. The van der Waals surface area contributed by atoms with Crippen molar-refractivity contribution in [3.05, 3.63) is 30.6 Å². The lowest BCUT2D eigenvalue weighted by Gasteiger charge is -2.31. The first-order chi connectivity index (χ1) is 9.79. The number of nitrogens with two attached hydrogens (primary N) is 1. The fourth-order valence-corrected chi connectivity index (χ4v) is 3.25. The Labute approximate surface area is 120 Å². The quantitative estimate of drug-likeness (QED) is 0.852. The van der Waals surface area contributed by atoms with E-state index in [-0.39, 0.29) is 0 Å². The predicted octanol–water partition coefficient (Wildman–Crippen LogP) is 4.16. The molecular weight excluding hydrogens is 248 g/mol. The van der Waals surface area contributed by atoms with Gasteiger partial charge in [0.25, 0.3) is 0 Å². The largest absolute Gasteiger partial charge is 0.489 e. The van der Waals surface area contributed by atoms with Crippen molar-refractivity contribution in [1.29, 1.82) is 0 Å². The molecule has 2 aromatic rings. The molecule has 0 bridgehead atoms. The molecule has 2 N–H and O–H groups in total. The summed E-state index contributed by atoms with van der Waals surface area (Å²) in [6.45, 7) is 2.26. The third-order valence-corrected chi connectivity index (χ3v) is 4.45. The lowest BCUT2D eigenvalue weighted by molar-refractivity contribution is 0.0919. The van der Waals surface area contributed by atoms with Gasteiger partial charge in [-0.05, 0) is 49.8 Å². The zero-order valence-corrected chi connectivity index (χ0v) is 12.0. The molecule has 3 rings (SSSR count). The molecule has 0 amide bonds. The highest BCUT2D eigenvalue weighted by Crippen LogP contribution is 2.34. The first-order valence-electron chi connectivity index (χ1n) is 7.58. The predicted molar refractivity (Wildman–Crippen MR) is 82.8 cm³/mol. The molecule has 1 heterocycles. The molecule has 0 saturated heterocycles. The van der Waals surface area contributed by atoms with Crippen LogP contribution in [-0.4, -0.2) is 11.1 Å². The highest BCUT2D eigenvalue weighted by atomic mass is 16.5. The van der Waals surface area contributed by atoms with Crippen molar-refractivity contribution in [3.8, 4) is 5.75 Å². The van der Waals surface area contributed by atoms with Gasteiger partial charge in [-0.3, -0.25) is 4.98 Å². The third-order valence-electron chi connectivity index (χ3n) is 4.45. The Morgan fingerprint density at radius 1 is 1.20 bits per heavy atom. The van der Waals surface area contributed by atoms with Crippen LogP contribution in [0.3, 0.4) is 0 Å². The number of pyridine rings is 1. The molecule has 1 aliphatic carbocycles. The molecule has 2 unspecified atom stereocenters. The van der Waals surface area contributed by atoms with Gasteiger partial charge in [0.05, 0.1) is 0 Å². The van der Waals surface area contributed by atoms with Crippen molar-refractivity contribution in [1.82, 2.24) is 4.98 Å². The smallest absolute Gasteiger partial charge is 0.127 e. The molecule has 3 nitrogen and oxygen atoms in total. The van der Waals surface area contributed by atoms with Crippen LogP contribution in [0.4, 0.5) is 5.69 Å². The maximum absolute atomic E-state index is 6.34. The van der Waals surface area contributed by atoms with Crippen molar-refractivity contribution in [2.75, 3.05) is 5.73 Å². The molecule has 3 heteroatoms. The molecule has 0 spiro atoms. The Kier molecular flexibility index (Phi) is 3.77. The molecule has 1 saturated carbocycles. The number of anilines is 1. The summed E-state index contributed by atoms with van der Waals surface area (Å²) in [4.78, 5) is 4.16. The lowest BCUT2D eigenvalue weighted by Crippen LogP contribution is -2.29. The van der Waals surface area contributed by atoms with Crippen LogP contribution in [0.25, 0.3) is 10.8 Å². The molecule has 2 atom stereocenters. The summed E-state index contributed by atoms with van der Waals surface area (Å²) < 4.78 is 6.34. The Bertz CT molecular complexity index is 597. The van der Waals surface area contributed by atoms with E-state index in [9.17, 15) is 0 Å². The van der Waals surface area contributed by atoms with Crippen molar-refractivity contribution < 1.29 is 4.74 Å². The molecule has 1 aromatic carbocycles. The summed E-state index contributed by atoms with van der Waals surface area (Å²) in [6.07, 6.45) is 10.2. The van der Waals surface area contributed by atoms with Gasteiger partial charge in [0.1, 0.15) is 11.9 Å². The topological polar surface area (TPSA) is 48.1 Å². The monoisotopic (exact) mass is 270 g/mol. The van der Waals surface area contributed by atoms with E-state index in [1.54, 1.807) is 6.20 Å². The molecule has 1 aliphatic rings. The SMILES string of the molecule is CCC1CCCCC1Oc1ccc(N)c2cnccc12. The van der Waals surface area contributed by atoms with Crippen LogP contribution >= 0.6 is 0 Å². The van der Waals surface area contributed by atoms with Gasteiger partial charge in [0.2, 0.25) is 0 Å². The van der Waals surface area contributed by atoms with Crippen molar-refractivity contribution in [2.45, 2.75) is 45.1 Å². The minimum Gasteiger partial charge on any atom is -0.489 e. The normalized spacial score (nSPS) is 22.9. The first kappa shape index (κ1) is 13.2. The second-order valence-electron chi connectivity index (χ2n) is 5.68. The second-order valence-corrected chi connectivity index (χ2v) is 5.68. The van der Waals surface area contributed by atoms with Crippen LogP contribution < -0.4 is 10.5 Å². The van der Waals surface area contributed by atoms with Crippen molar-refractivity contribution in [3.63, 3.8) is 0 Å². The number of nitrogens with zero attached hydrogens (tertiary/aromatic N) is 1. The Balaban J connectivity index is 1.92. The average molecular weight is 270 g/mol. The van der Waals surface area contributed by atoms with E-state index >= 15 is 0 Å². The zero-order chi connectivity index (χ0) is 13.9. The third kappa shape index (κ3) is 2.45. The summed E-state index contributed by atoms with van der Waals surface area (Å²) in [5, 5.41) is 2.05. The van der Waals surface area contributed by atoms with Crippen molar-refractivity contribution >= 4 is 16.5 Å². The molecule has 1 fully saturated rings. The molecular formula is C17H22N2O. The fourth-order valence-electron chi connectivity index (χ4n) is 3.25. The number of aromatic nitrogens is 1. The standard InChI is InChI=1S/C17H22N2O/c1-2-12-5-3-4-6-16(12)20-17-8-7-15(18)14-11-19-10-9-13(14)17/h7-12,16H,2-6,18H2,1H3. The Morgan fingerprint density at radius 2 is 2.05 bits per heavy atom. The summed E-state index contributed by atoms with van der Waals surface area (Å²) in [5.41, 5.74) is 6.78. The van der Waals surface area contributed by atoms with Crippen LogP contribution in [0.5, 0.6) is 5.75 Å². The van der Waals surface area contributed by atoms with Gasteiger partial charge in [-0.15, -0.1) is 0 Å². The van der Waals surface area contributed by atoms with E-state index in [1.807, 2.05) is 24.4 Å². The van der Waals surface area contributed by atoms with E-state index in [4.69, 9.17) is 10.5 Å². The number of hydrogen-bond donors (Lipinski definition) is 1. The molecule has 0 radical (unpaired) electrons. The van der Waals surface area contributed by atoms with E-state index in [0.29, 0.717) is 12.0 Å². The summed E-state index contributed by atoms with van der Waals surface area (Å²) >= 11 is 0. The van der Waals surface area contributed by atoms with Gasteiger partial charge in [0, 0.05) is 28.9 Å². The number of ether oxygens (including phenoxy) is 1. The molecule has 106 valence electrons.